The lowest BCUT2D eigenvalue weighted by molar-refractivity contribution is -0.0198. The number of nitrogens with zero attached hydrogens (tertiary/aromatic N) is 4. The Kier molecular flexibility index (Phi) is 6.70. The lowest BCUT2D eigenvalue weighted by atomic mass is 9.87. The van der Waals surface area contributed by atoms with Crippen LogP contribution in [-0.4, -0.2) is 45.2 Å². The number of aliphatic imine (C=N–C) groups is 1. The summed E-state index contributed by atoms with van der Waals surface area (Å²) in [5, 5.41) is 0. The number of hydrogen-bond donors (Lipinski definition) is 0. The van der Waals surface area contributed by atoms with Gasteiger partial charge in [0.1, 0.15) is 11.8 Å². The van der Waals surface area contributed by atoms with Gasteiger partial charge in [0.2, 0.25) is 0 Å². The van der Waals surface area contributed by atoms with Gasteiger partial charge in [0, 0.05) is 30.9 Å². The third-order valence-corrected chi connectivity index (χ3v) is 9.05. The van der Waals surface area contributed by atoms with E-state index in [1.165, 1.54) is 5.56 Å². The van der Waals surface area contributed by atoms with E-state index in [0.29, 0.717) is 18.3 Å². The fourth-order valence-electron chi connectivity index (χ4n) is 5.36. The highest BCUT2D eigenvalue weighted by atomic mass is 31.2. The highest BCUT2D eigenvalue weighted by Gasteiger charge is 2.56. The molecule has 0 aliphatic carbocycles. The number of fused-ring (bicyclic) bond motifs is 1. The molecule has 0 unspecified atom stereocenters. The van der Waals surface area contributed by atoms with Crippen LogP contribution in [0.3, 0.4) is 0 Å². The third kappa shape index (κ3) is 4.16. The molecule has 9 heteroatoms. The Morgan fingerprint density at radius 2 is 2.15 bits per heavy atom. The van der Waals surface area contributed by atoms with E-state index in [1.807, 2.05) is 13.0 Å². The first-order valence-corrected chi connectivity index (χ1v) is 13.3. The molecule has 3 aliphatic rings. The topological polar surface area (TPSA) is 78.2 Å². The van der Waals surface area contributed by atoms with Gasteiger partial charge in [0.25, 0.3) is 8.53 Å². The number of ether oxygens (including phenoxy) is 1. The summed E-state index contributed by atoms with van der Waals surface area (Å²) in [4.78, 5) is 21.0. The molecule has 0 bridgehead atoms. The van der Waals surface area contributed by atoms with Crippen molar-refractivity contribution >= 4 is 20.6 Å². The van der Waals surface area contributed by atoms with E-state index in [4.69, 9.17) is 13.8 Å². The number of aryl methyl sites for hydroxylation is 1. The van der Waals surface area contributed by atoms with Crippen LogP contribution in [-0.2, 0) is 19.4 Å². The molecule has 0 N–H and O–H groups in total. The molecule has 1 aromatic heterocycles. The first-order valence-electron chi connectivity index (χ1n) is 12.2. The van der Waals surface area contributed by atoms with E-state index >= 15 is 0 Å². The monoisotopic (exact) mass is 484 g/mol. The molecule has 5 rings (SSSR count). The SMILES string of the molecule is CC=Nc1nc(=O)n([C@H]2C[C@@H](O[P@]3O[C@@](C)(c4ccccc4)[C@H]4CCCN43)[C@@H](CC)O2)cc1C. The van der Waals surface area contributed by atoms with Gasteiger partial charge in [-0.2, -0.15) is 4.98 Å². The molecule has 0 spiro atoms. The van der Waals surface area contributed by atoms with Crippen LogP contribution in [0.4, 0.5) is 5.82 Å². The predicted octanol–water partition coefficient (Wildman–Crippen LogP) is 4.99. The largest absolute Gasteiger partial charge is 0.352 e. The fraction of sp³-hybridized carbons (Fsp3) is 0.560. The minimum atomic E-state index is -1.22. The minimum Gasteiger partial charge on any atom is -0.352 e. The van der Waals surface area contributed by atoms with Crippen molar-refractivity contribution in [1.82, 2.24) is 14.2 Å². The Morgan fingerprint density at radius 1 is 1.35 bits per heavy atom. The smallest absolute Gasteiger partial charge is 0.351 e. The summed E-state index contributed by atoms with van der Waals surface area (Å²) in [5.74, 6) is 0.449. The molecule has 4 heterocycles. The zero-order valence-electron chi connectivity index (χ0n) is 20.3. The van der Waals surface area contributed by atoms with Crippen LogP contribution in [0.1, 0.15) is 63.8 Å². The first-order chi connectivity index (χ1) is 16.4. The van der Waals surface area contributed by atoms with Crippen molar-refractivity contribution in [1.29, 1.82) is 0 Å². The number of rotatable bonds is 6. The molecular formula is C25H33N4O4P. The Bertz CT molecular complexity index is 1110. The summed E-state index contributed by atoms with van der Waals surface area (Å²) in [6.07, 6.45) is 6.37. The van der Waals surface area contributed by atoms with Gasteiger partial charge >= 0.3 is 5.69 Å². The predicted molar refractivity (Wildman–Crippen MR) is 132 cm³/mol. The molecule has 3 saturated heterocycles. The molecule has 182 valence electrons. The van der Waals surface area contributed by atoms with Crippen LogP contribution < -0.4 is 5.69 Å². The third-order valence-electron chi connectivity index (χ3n) is 7.16. The molecule has 0 radical (unpaired) electrons. The van der Waals surface area contributed by atoms with E-state index in [9.17, 15) is 4.79 Å². The molecule has 0 saturated carbocycles. The maximum Gasteiger partial charge on any atom is 0.351 e. The minimum absolute atomic E-state index is 0.110. The lowest BCUT2D eigenvalue weighted by Crippen LogP contribution is -2.36. The average molecular weight is 485 g/mol. The number of hydrogen-bond acceptors (Lipinski definition) is 7. The standard InChI is InChI=1S/C25H33N4O4P/c1-5-19-20(15-22(31-19)28-16-17(3)23(26-6-2)27-24(28)30)32-34-29-14-10-13-21(29)25(4,33-34)18-11-8-7-9-12-18/h6-9,11-12,16,19-22H,5,10,13-15H2,1-4H3/t19-,20-,21-,22-,25+,34-/m1/s1. The molecule has 3 fully saturated rings. The van der Waals surface area contributed by atoms with Crippen molar-refractivity contribution in [3.8, 4) is 0 Å². The molecule has 3 aliphatic heterocycles. The van der Waals surface area contributed by atoms with Gasteiger partial charge < -0.3 is 13.8 Å². The van der Waals surface area contributed by atoms with Crippen molar-refractivity contribution in [2.75, 3.05) is 6.54 Å². The average Bonchev–Trinajstić information content (AvgIpc) is 3.54. The summed E-state index contributed by atoms with van der Waals surface area (Å²) in [6, 6.07) is 10.8. The van der Waals surface area contributed by atoms with Gasteiger partial charge in [-0.15, -0.1) is 0 Å². The van der Waals surface area contributed by atoms with E-state index in [1.54, 1.807) is 23.9 Å². The zero-order valence-corrected chi connectivity index (χ0v) is 21.1. The highest BCUT2D eigenvalue weighted by molar-refractivity contribution is 7.45. The van der Waals surface area contributed by atoms with Crippen molar-refractivity contribution in [3.05, 3.63) is 58.1 Å². The van der Waals surface area contributed by atoms with E-state index in [0.717, 1.165) is 31.4 Å². The summed E-state index contributed by atoms with van der Waals surface area (Å²) in [6.45, 7) is 8.97. The highest BCUT2D eigenvalue weighted by Crippen LogP contribution is 2.64. The van der Waals surface area contributed by atoms with E-state index in [-0.39, 0.29) is 17.9 Å². The Morgan fingerprint density at radius 3 is 2.88 bits per heavy atom. The number of benzene rings is 1. The van der Waals surface area contributed by atoms with Crippen LogP contribution >= 0.6 is 8.53 Å². The molecule has 8 nitrogen and oxygen atoms in total. The second kappa shape index (κ2) is 9.59. The fourth-order valence-corrected chi connectivity index (χ4v) is 7.50. The molecule has 0 amide bonds. The van der Waals surface area contributed by atoms with Gasteiger partial charge in [-0.3, -0.25) is 4.57 Å². The van der Waals surface area contributed by atoms with Gasteiger partial charge in [-0.25, -0.2) is 14.5 Å². The van der Waals surface area contributed by atoms with Crippen LogP contribution in [0, 0.1) is 6.92 Å². The van der Waals surface area contributed by atoms with Crippen LogP contribution in [0.2, 0.25) is 0 Å². The van der Waals surface area contributed by atoms with Gasteiger partial charge in [0.15, 0.2) is 5.82 Å². The van der Waals surface area contributed by atoms with Gasteiger partial charge in [-0.1, -0.05) is 37.3 Å². The maximum absolute atomic E-state index is 12.7. The second-order valence-electron chi connectivity index (χ2n) is 9.36. The van der Waals surface area contributed by atoms with Crippen LogP contribution in [0.15, 0.2) is 46.3 Å². The van der Waals surface area contributed by atoms with Gasteiger partial charge in [-0.05, 0) is 45.6 Å². The van der Waals surface area contributed by atoms with Crippen LogP contribution in [0.5, 0.6) is 0 Å². The first kappa shape index (κ1) is 23.8. The van der Waals surface area contributed by atoms with Crippen molar-refractivity contribution in [2.45, 2.75) is 83.5 Å². The second-order valence-corrected chi connectivity index (χ2v) is 10.7. The van der Waals surface area contributed by atoms with E-state index in [2.05, 4.69) is 52.8 Å². The summed E-state index contributed by atoms with van der Waals surface area (Å²) in [7, 11) is -1.22. The molecule has 1 aromatic carbocycles. The lowest BCUT2D eigenvalue weighted by Gasteiger charge is -2.29. The maximum atomic E-state index is 12.7. The Labute approximate surface area is 201 Å². The van der Waals surface area contributed by atoms with Crippen molar-refractivity contribution in [2.24, 2.45) is 4.99 Å². The van der Waals surface area contributed by atoms with Gasteiger partial charge in [0.05, 0.1) is 18.2 Å². The molecule has 34 heavy (non-hydrogen) atoms. The number of aromatic nitrogens is 2. The summed E-state index contributed by atoms with van der Waals surface area (Å²) in [5.41, 5.74) is 1.28. The van der Waals surface area contributed by atoms with Crippen molar-refractivity contribution < 1.29 is 13.8 Å². The zero-order chi connectivity index (χ0) is 23.9. The quantitative estimate of drug-likeness (QED) is 0.425. The summed E-state index contributed by atoms with van der Waals surface area (Å²) < 4.78 is 23.7. The Hall–Kier alpha value is -1.96. The molecule has 2 aromatic rings. The van der Waals surface area contributed by atoms with Crippen LogP contribution in [0.25, 0.3) is 0 Å². The summed E-state index contributed by atoms with van der Waals surface area (Å²) >= 11 is 0. The van der Waals surface area contributed by atoms with Crippen molar-refractivity contribution in [3.63, 3.8) is 0 Å². The van der Waals surface area contributed by atoms with E-state index < -0.39 is 20.4 Å². The molecular weight excluding hydrogens is 451 g/mol. The normalized spacial score (nSPS) is 33.7. The Balaban J connectivity index is 1.36. The molecule has 6 atom stereocenters.